The Morgan fingerprint density at radius 3 is 2.46 bits per heavy atom. The maximum atomic E-state index is 14.0. The van der Waals surface area contributed by atoms with Crippen LogP contribution in [0.15, 0.2) is 112 Å². The summed E-state index contributed by atoms with van der Waals surface area (Å²) in [5, 5.41) is 10.6. The van der Waals surface area contributed by atoms with Crippen molar-refractivity contribution in [1.29, 1.82) is 0 Å². The van der Waals surface area contributed by atoms with Crippen LogP contribution in [0.5, 0.6) is 0 Å². The Morgan fingerprint density at radius 1 is 1.03 bits per heavy atom. The molecule has 3 heterocycles. The Labute approximate surface area is 232 Å². The summed E-state index contributed by atoms with van der Waals surface area (Å²) in [5.74, 6) is -0.345. The SMILES string of the molecule is CC1=C(C(=O)Nc2ccccc2)C(c2ccccc2Cl)n2c(s/c(=C\c3cn[nH]c3-c3ccccc3)c2=O)=N1. The first-order valence-electron chi connectivity index (χ1n) is 12.2. The van der Waals surface area contributed by atoms with Crippen LogP contribution in [0.2, 0.25) is 5.02 Å². The third-order valence-electron chi connectivity index (χ3n) is 6.52. The summed E-state index contributed by atoms with van der Waals surface area (Å²) in [4.78, 5) is 32.8. The second-order valence-electron chi connectivity index (χ2n) is 8.99. The normalized spacial score (nSPS) is 15.1. The summed E-state index contributed by atoms with van der Waals surface area (Å²) in [6.07, 6.45) is 3.50. The van der Waals surface area contributed by atoms with E-state index in [-0.39, 0.29) is 11.5 Å². The van der Waals surface area contributed by atoms with Crippen LogP contribution in [-0.2, 0) is 4.79 Å². The number of carbonyl (C=O) groups is 1. The highest BCUT2D eigenvalue weighted by molar-refractivity contribution is 7.07. The standard InChI is InChI=1S/C30H22ClN5O2S/c1-18-25(28(37)34-21-12-6-3-7-13-21)27(22-14-8-9-15-23(22)31)36-29(38)24(39-30(36)33-18)16-20-17-32-35-26(20)19-10-4-2-5-11-19/h2-17,27H,1H3,(H,32,35)(H,34,37)/b24-16-. The van der Waals surface area contributed by atoms with Crippen molar-refractivity contribution in [3.05, 3.63) is 138 Å². The van der Waals surface area contributed by atoms with E-state index in [4.69, 9.17) is 16.6 Å². The summed E-state index contributed by atoms with van der Waals surface area (Å²) < 4.78 is 2.04. The van der Waals surface area contributed by atoms with Gasteiger partial charge >= 0.3 is 0 Å². The third kappa shape index (κ3) is 4.65. The number of thiazole rings is 1. The maximum absolute atomic E-state index is 14.0. The number of H-pyrrole nitrogens is 1. The van der Waals surface area contributed by atoms with E-state index in [0.29, 0.717) is 36.9 Å². The molecule has 39 heavy (non-hydrogen) atoms. The van der Waals surface area contributed by atoms with Crippen LogP contribution in [0.1, 0.15) is 24.1 Å². The predicted octanol–water partition coefficient (Wildman–Crippen LogP) is 4.92. The van der Waals surface area contributed by atoms with Crippen molar-refractivity contribution in [3.8, 4) is 11.3 Å². The van der Waals surface area contributed by atoms with E-state index in [0.717, 1.165) is 16.8 Å². The molecular formula is C30H22ClN5O2S. The van der Waals surface area contributed by atoms with E-state index >= 15 is 0 Å². The molecule has 0 saturated carbocycles. The molecule has 0 aliphatic carbocycles. The van der Waals surface area contributed by atoms with Crippen molar-refractivity contribution in [2.24, 2.45) is 4.99 Å². The number of fused-ring (bicyclic) bond motifs is 1. The van der Waals surface area contributed by atoms with Gasteiger partial charge in [-0.25, -0.2) is 4.99 Å². The Hall–Kier alpha value is -4.53. The molecule has 1 aliphatic rings. The van der Waals surface area contributed by atoms with Gasteiger partial charge in [-0.3, -0.25) is 19.3 Å². The molecule has 0 fully saturated rings. The van der Waals surface area contributed by atoms with Crippen molar-refractivity contribution in [2.75, 3.05) is 5.32 Å². The number of benzene rings is 3. The highest BCUT2D eigenvalue weighted by Gasteiger charge is 2.33. The smallest absolute Gasteiger partial charge is 0.271 e. The summed E-state index contributed by atoms with van der Waals surface area (Å²) >= 11 is 7.92. The molecule has 0 saturated heterocycles. The number of anilines is 1. The number of aromatic nitrogens is 3. The van der Waals surface area contributed by atoms with Crippen molar-refractivity contribution < 1.29 is 4.79 Å². The van der Waals surface area contributed by atoms with Crippen molar-refractivity contribution >= 4 is 40.6 Å². The van der Waals surface area contributed by atoms with Crippen LogP contribution < -0.4 is 20.2 Å². The molecule has 5 aromatic rings. The highest BCUT2D eigenvalue weighted by atomic mass is 35.5. The Balaban J connectivity index is 1.51. The number of allylic oxidation sites excluding steroid dienone is 1. The van der Waals surface area contributed by atoms with E-state index in [9.17, 15) is 9.59 Å². The fourth-order valence-electron chi connectivity index (χ4n) is 4.71. The Bertz CT molecular complexity index is 1910. The van der Waals surface area contributed by atoms with Gasteiger partial charge in [-0.15, -0.1) is 0 Å². The number of para-hydroxylation sites is 1. The van der Waals surface area contributed by atoms with Crippen molar-refractivity contribution in [2.45, 2.75) is 13.0 Å². The molecule has 0 spiro atoms. The lowest BCUT2D eigenvalue weighted by atomic mass is 9.95. The lowest BCUT2D eigenvalue weighted by Crippen LogP contribution is -2.40. The molecule has 3 aromatic carbocycles. The molecule has 2 N–H and O–H groups in total. The number of nitrogens with zero attached hydrogens (tertiary/aromatic N) is 3. The fraction of sp³-hybridized carbons (Fsp3) is 0.0667. The quantitative estimate of drug-likeness (QED) is 0.325. The van der Waals surface area contributed by atoms with E-state index in [1.807, 2.05) is 84.9 Å². The first-order chi connectivity index (χ1) is 19.0. The number of nitrogens with one attached hydrogen (secondary N) is 2. The lowest BCUT2D eigenvalue weighted by molar-refractivity contribution is -0.113. The minimum absolute atomic E-state index is 0.263. The third-order valence-corrected chi connectivity index (χ3v) is 7.84. The van der Waals surface area contributed by atoms with E-state index < -0.39 is 6.04 Å². The van der Waals surface area contributed by atoms with Crippen molar-refractivity contribution in [3.63, 3.8) is 0 Å². The molecule has 1 amide bonds. The Morgan fingerprint density at radius 2 is 1.72 bits per heavy atom. The summed E-state index contributed by atoms with van der Waals surface area (Å²) in [7, 11) is 0. The van der Waals surface area contributed by atoms with Gasteiger partial charge in [0, 0.05) is 21.8 Å². The minimum atomic E-state index is -0.751. The first-order valence-corrected chi connectivity index (χ1v) is 13.4. The molecule has 6 rings (SSSR count). The van der Waals surface area contributed by atoms with Gasteiger partial charge in [0.25, 0.3) is 11.5 Å². The van der Waals surface area contributed by atoms with Crippen LogP contribution >= 0.6 is 22.9 Å². The van der Waals surface area contributed by atoms with E-state index in [2.05, 4.69) is 15.5 Å². The van der Waals surface area contributed by atoms with Crippen LogP contribution in [0, 0.1) is 0 Å². The number of amides is 1. The highest BCUT2D eigenvalue weighted by Crippen LogP contribution is 2.34. The van der Waals surface area contributed by atoms with Crippen molar-refractivity contribution in [1.82, 2.24) is 14.8 Å². The average molecular weight is 552 g/mol. The zero-order valence-electron chi connectivity index (χ0n) is 20.8. The molecule has 1 aliphatic heterocycles. The van der Waals surface area contributed by atoms with Gasteiger partial charge in [0.1, 0.15) is 0 Å². The zero-order chi connectivity index (χ0) is 26.9. The van der Waals surface area contributed by atoms with Gasteiger partial charge in [0.15, 0.2) is 4.80 Å². The summed E-state index contributed by atoms with van der Waals surface area (Å²) in [6.45, 7) is 1.78. The topological polar surface area (TPSA) is 92.1 Å². The number of aromatic amines is 1. The summed E-state index contributed by atoms with van der Waals surface area (Å²) in [6, 6.07) is 25.5. The lowest BCUT2D eigenvalue weighted by Gasteiger charge is -2.26. The molecular weight excluding hydrogens is 530 g/mol. The number of hydrogen-bond donors (Lipinski definition) is 2. The maximum Gasteiger partial charge on any atom is 0.271 e. The monoisotopic (exact) mass is 551 g/mol. The zero-order valence-corrected chi connectivity index (χ0v) is 22.3. The van der Waals surface area contributed by atoms with Gasteiger partial charge < -0.3 is 5.32 Å². The van der Waals surface area contributed by atoms with E-state index in [1.165, 1.54) is 11.3 Å². The number of hydrogen-bond acceptors (Lipinski definition) is 5. The molecule has 1 atom stereocenters. The van der Waals surface area contributed by atoms with Crippen LogP contribution in [0.4, 0.5) is 5.69 Å². The number of rotatable bonds is 5. The first kappa shape index (κ1) is 24.8. The molecule has 7 nitrogen and oxygen atoms in total. The summed E-state index contributed by atoms with van der Waals surface area (Å²) in [5.41, 5.74) is 4.45. The second-order valence-corrected chi connectivity index (χ2v) is 10.4. The molecule has 0 radical (unpaired) electrons. The van der Waals surface area contributed by atoms with E-state index in [1.54, 1.807) is 23.8 Å². The second kappa shape index (κ2) is 10.3. The fourth-order valence-corrected chi connectivity index (χ4v) is 5.98. The molecule has 9 heteroatoms. The van der Waals surface area contributed by atoms with Gasteiger partial charge in [0.05, 0.1) is 33.7 Å². The predicted molar refractivity (Wildman–Crippen MR) is 154 cm³/mol. The van der Waals surface area contributed by atoms with Gasteiger partial charge in [-0.2, -0.15) is 5.10 Å². The largest absolute Gasteiger partial charge is 0.322 e. The van der Waals surface area contributed by atoms with Gasteiger partial charge in [-0.1, -0.05) is 89.7 Å². The van der Waals surface area contributed by atoms with Gasteiger partial charge in [0.2, 0.25) is 0 Å². The van der Waals surface area contributed by atoms with Crippen LogP contribution in [-0.4, -0.2) is 20.7 Å². The molecule has 192 valence electrons. The molecule has 0 bridgehead atoms. The average Bonchev–Trinajstić information content (AvgIpc) is 3.53. The molecule has 2 aromatic heterocycles. The number of halogens is 1. The van der Waals surface area contributed by atoms with Crippen LogP contribution in [0.3, 0.4) is 0 Å². The number of carbonyl (C=O) groups excluding carboxylic acids is 1. The minimum Gasteiger partial charge on any atom is -0.322 e. The Kier molecular flexibility index (Phi) is 6.56. The van der Waals surface area contributed by atoms with Crippen LogP contribution in [0.25, 0.3) is 17.3 Å². The molecule has 1 unspecified atom stereocenters. The van der Waals surface area contributed by atoms with Gasteiger partial charge in [-0.05, 0) is 36.8 Å².